The van der Waals surface area contributed by atoms with E-state index in [9.17, 15) is 13.9 Å². The molecule has 4 aromatic rings. The maximum Gasteiger partial charge on any atom is 0.409 e. The molecule has 0 saturated heterocycles. The second-order valence-corrected chi connectivity index (χ2v) is 10.3. The zero-order valence-corrected chi connectivity index (χ0v) is 19.9. The molecule has 1 aromatic heterocycles. The van der Waals surface area contributed by atoms with E-state index in [0.29, 0.717) is 33.5 Å². The summed E-state index contributed by atoms with van der Waals surface area (Å²) in [6, 6.07) is 19.4. The van der Waals surface area contributed by atoms with Gasteiger partial charge in [-0.2, -0.15) is 0 Å². The highest BCUT2D eigenvalue weighted by atomic mass is 19.1. The monoisotopic (exact) mass is 470 g/mol. The Kier molecular flexibility index (Phi) is 4.27. The van der Waals surface area contributed by atoms with Crippen molar-refractivity contribution in [3.63, 3.8) is 0 Å². The highest BCUT2D eigenvalue weighted by Gasteiger charge is 2.70. The van der Waals surface area contributed by atoms with Crippen molar-refractivity contribution < 1.29 is 23.3 Å². The lowest BCUT2D eigenvalue weighted by Gasteiger charge is -2.26. The van der Waals surface area contributed by atoms with Gasteiger partial charge in [0.2, 0.25) is 0 Å². The molecule has 0 atom stereocenters. The number of aromatic nitrogens is 2. The van der Waals surface area contributed by atoms with Gasteiger partial charge in [-0.25, -0.2) is 8.78 Å². The molecule has 0 unspecified atom stereocenters. The molecule has 0 N–H and O–H groups in total. The highest BCUT2D eigenvalue weighted by Crippen LogP contribution is 2.71. The Morgan fingerprint density at radius 3 is 1.71 bits per heavy atom. The van der Waals surface area contributed by atoms with Crippen molar-refractivity contribution in [3.8, 4) is 11.8 Å². The second kappa shape index (κ2) is 6.87. The van der Waals surface area contributed by atoms with E-state index in [1.54, 1.807) is 41.1 Å². The van der Waals surface area contributed by atoms with Crippen LogP contribution in [-0.4, -0.2) is 5.10 Å². The van der Waals surface area contributed by atoms with Crippen LogP contribution < -0.4 is 14.5 Å². The normalized spacial score (nSPS) is 18.9. The molecule has 1 saturated carbocycles. The van der Waals surface area contributed by atoms with Crippen LogP contribution in [0.1, 0.15) is 38.8 Å². The van der Waals surface area contributed by atoms with Crippen molar-refractivity contribution in [2.75, 3.05) is 0 Å². The van der Waals surface area contributed by atoms with Crippen LogP contribution in [0.15, 0.2) is 78.4 Å². The van der Waals surface area contributed by atoms with E-state index in [0.717, 1.165) is 5.57 Å². The van der Waals surface area contributed by atoms with Crippen LogP contribution in [0.5, 0.6) is 11.8 Å². The molecule has 1 aliphatic carbocycles. The Hall–Kier alpha value is -3.80. The zero-order chi connectivity index (χ0) is 24.8. The molecule has 0 radical (unpaired) electrons. The van der Waals surface area contributed by atoms with E-state index < -0.39 is 5.60 Å². The topological polar surface area (TPSA) is 49.1 Å². The van der Waals surface area contributed by atoms with Gasteiger partial charge in [0.15, 0.2) is 0 Å². The zero-order valence-electron chi connectivity index (χ0n) is 19.9. The van der Waals surface area contributed by atoms with E-state index in [1.807, 2.05) is 12.1 Å². The van der Waals surface area contributed by atoms with Gasteiger partial charge in [0, 0.05) is 32.9 Å². The molecule has 0 amide bonds. The van der Waals surface area contributed by atoms with Gasteiger partial charge in [0.1, 0.15) is 11.6 Å². The number of rotatable bonds is 2. The van der Waals surface area contributed by atoms with E-state index in [1.165, 1.54) is 24.3 Å². The van der Waals surface area contributed by atoms with E-state index >= 15 is 0 Å². The summed E-state index contributed by atoms with van der Waals surface area (Å²) in [7, 11) is 0. The van der Waals surface area contributed by atoms with Crippen molar-refractivity contribution in [2.24, 2.45) is 10.8 Å². The van der Waals surface area contributed by atoms with Crippen LogP contribution in [0.25, 0.3) is 16.5 Å². The molecule has 0 bridgehead atoms. The average Bonchev–Trinajstić information content (AvgIpc) is 3.07. The first kappa shape index (κ1) is 21.7. The third-order valence-electron chi connectivity index (χ3n) is 8.05. The number of hydrogen-bond acceptors (Lipinski definition) is 3. The number of benzene rings is 3. The molecule has 176 valence electrons. The van der Waals surface area contributed by atoms with Crippen LogP contribution in [-0.2, 0) is 5.60 Å². The van der Waals surface area contributed by atoms with Crippen LogP contribution in [0, 0.1) is 22.5 Å². The maximum atomic E-state index is 14.0. The van der Waals surface area contributed by atoms with E-state index in [2.05, 4.69) is 32.8 Å². The molecule has 2 heterocycles. The fourth-order valence-corrected chi connectivity index (χ4v) is 5.58. The fourth-order valence-electron chi connectivity index (χ4n) is 5.58. The highest BCUT2D eigenvalue weighted by molar-refractivity contribution is 5.90. The summed E-state index contributed by atoms with van der Waals surface area (Å²) in [5.41, 5.74) is 1.39. The summed E-state index contributed by atoms with van der Waals surface area (Å²) >= 11 is 0. The Labute approximate surface area is 202 Å². The van der Waals surface area contributed by atoms with Gasteiger partial charge in [-0.3, -0.25) is 0 Å². The summed E-state index contributed by atoms with van der Waals surface area (Å²) < 4.78 is 36.6. The van der Waals surface area contributed by atoms with Crippen LogP contribution in [0.4, 0.5) is 8.78 Å². The quantitative estimate of drug-likeness (QED) is 0.364. The largest absolute Gasteiger partial charge is 0.854 e. The number of fused-ring (bicyclic) bond motifs is 3. The van der Waals surface area contributed by atoms with Crippen molar-refractivity contribution in [1.29, 1.82) is 0 Å². The number of nitrogens with zero attached hydrogens (tertiary/aromatic N) is 2. The minimum Gasteiger partial charge on any atom is -0.854 e. The molecule has 0 spiro atoms. The van der Waals surface area contributed by atoms with Crippen molar-refractivity contribution in [3.05, 3.63) is 101 Å². The lowest BCUT2D eigenvalue weighted by molar-refractivity contribution is -0.644. The predicted octanol–water partition coefficient (Wildman–Crippen LogP) is 5.49. The molecule has 1 aliphatic heterocycles. The minimum atomic E-state index is -1.27. The standard InChI is InChI=1S/C29H24F2N2O2/c1-27(2)23(28(27,3)4)24-29(17-9-13-19(30)14-10-17,18-11-15-20(31)16-12-18)35-26-22-8-6-5-7-21(22)25(34)32-33(24)26/h5-16H,1-4H3. The molecule has 2 aliphatic rings. The number of halogens is 2. The summed E-state index contributed by atoms with van der Waals surface area (Å²) in [5, 5.41) is 18.7. The molecule has 3 aromatic carbocycles. The molecular weight excluding hydrogens is 446 g/mol. The molecule has 6 rings (SSSR count). The Morgan fingerprint density at radius 1 is 0.743 bits per heavy atom. The first-order chi connectivity index (χ1) is 16.6. The summed E-state index contributed by atoms with van der Waals surface area (Å²) in [6.07, 6.45) is 0. The Balaban J connectivity index is 1.79. The van der Waals surface area contributed by atoms with Gasteiger partial charge < -0.3 is 9.84 Å². The molecule has 1 fully saturated rings. The first-order valence-corrected chi connectivity index (χ1v) is 11.6. The molecule has 35 heavy (non-hydrogen) atoms. The minimum absolute atomic E-state index is 0.220. The number of ether oxygens (including phenoxy) is 1. The summed E-state index contributed by atoms with van der Waals surface area (Å²) in [4.78, 5) is 0. The van der Waals surface area contributed by atoms with Gasteiger partial charge in [0.05, 0.1) is 11.3 Å². The van der Waals surface area contributed by atoms with Gasteiger partial charge >= 0.3 is 5.88 Å². The third-order valence-corrected chi connectivity index (χ3v) is 8.05. The lowest BCUT2D eigenvalue weighted by Crippen LogP contribution is -2.42. The van der Waals surface area contributed by atoms with E-state index in [4.69, 9.17) is 4.74 Å². The number of allylic oxidation sites excluding steroid dienone is 1. The summed E-state index contributed by atoms with van der Waals surface area (Å²) in [6.45, 7) is 8.58. The van der Waals surface area contributed by atoms with Gasteiger partial charge in [-0.15, -0.1) is 0 Å². The second-order valence-electron chi connectivity index (χ2n) is 10.3. The Morgan fingerprint density at radius 2 is 1.23 bits per heavy atom. The van der Waals surface area contributed by atoms with Crippen LogP contribution in [0.3, 0.4) is 0 Å². The maximum absolute atomic E-state index is 14.0. The van der Waals surface area contributed by atoms with Gasteiger partial charge in [-0.1, -0.05) is 70.2 Å². The SMILES string of the molecule is CC1(C)C(=C2[n+]3nc([O-])c4ccccc4c3OC2(c2ccc(F)cc2)c2ccc(F)cc2)C1(C)C. The van der Waals surface area contributed by atoms with E-state index in [-0.39, 0.29) is 28.3 Å². The third kappa shape index (κ3) is 2.76. The Bertz CT molecular complexity index is 1480. The lowest BCUT2D eigenvalue weighted by atomic mass is 9.82. The fraction of sp³-hybridized carbons (Fsp3) is 0.241. The van der Waals surface area contributed by atoms with Crippen molar-refractivity contribution in [2.45, 2.75) is 33.3 Å². The molecule has 6 heteroatoms. The first-order valence-electron chi connectivity index (χ1n) is 11.6. The summed E-state index contributed by atoms with van der Waals surface area (Å²) in [5.74, 6) is -0.693. The molecule has 4 nitrogen and oxygen atoms in total. The van der Waals surface area contributed by atoms with Crippen molar-refractivity contribution >= 4 is 16.5 Å². The van der Waals surface area contributed by atoms with Gasteiger partial charge in [-0.05, 0) is 40.1 Å². The molecular formula is C29H24F2N2O2. The predicted molar refractivity (Wildman–Crippen MR) is 126 cm³/mol. The van der Waals surface area contributed by atoms with Crippen LogP contribution >= 0.6 is 0 Å². The van der Waals surface area contributed by atoms with Crippen molar-refractivity contribution in [1.82, 2.24) is 5.10 Å². The smallest absolute Gasteiger partial charge is 0.409 e. The van der Waals surface area contributed by atoms with Crippen LogP contribution in [0.2, 0.25) is 0 Å². The number of hydrogen-bond donors (Lipinski definition) is 0. The van der Waals surface area contributed by atoms with Gasteiger partial charge in [0.25, 0.3) is 11.3 Å². The average molecular weight is 471 g/mol.